The van der Waals surface area contributed by atoms with Crippen LogP contribution in [0.15, 0.2) is 36.4 Å². The monoisotopic (exact) mass is 250 g/mol. The lowest BCUT2D eigenvalue weighted by molar-refractivity contribution is 0.636. The van der Waals surface area contributed by atoms with E-state index in [9.17, 15) is 0 Å². The molecule has 2 aromatic rings. The van der Waals surface area contributed by atoms with Crippen LogP contribution in [0.2, 0.25) is 0 Å². The molecule has 0 fully saturated rings. The van der Waals surface area contributed by atoms with Crippen molar-refractivity contribution in [2.24, 2.45) is 0 Å². The van der Waals surface area contributed by atoms with E-state index < -0.39 is 0 Å². The van der Waals surface area contributed by atoms with Crippen LogP contribution < -0.4 is 9.25 Å². The van der Waals surface area contributed by atoms with Gasteiger partial charge in [0.25, 0.3) is 4.67 Å². The number of benzene rings is 1. The highest BCUT2D eigenvalue weighted by atomic mass is 32.9. The standard InChI is InChI=1S/C13H16NS2/c1-3-14(4-2)13-10-12(15-16-13)11-8-6-5-7-9-11/h5-10H,3-4H2,1-2H3/q+1. The van der Waals surface area contributed by atoms with Gasteiger partial charge in [-0.05, 0) is 29.8 Å². The quantitative estimate of drug-likeness (QED) is 0.581. The van der Waals surface area contributed by atoms with Gasteiger partial charge in [0.05, 0.1) is 4.88 Å². The number of nitrogens with zero attached hydrogens (tertiary/aromatic N) is 1. The van der Waals surface area contributed by atoms with Crippen LogP contribution in [0.1, 0.15) is 13.8 Å². The summed E-state index contributed by atoms with van der Waals surface area (Å²) in [5.74, 6) is 0. The Morgan fingerprint density at radius 2 is 1.69 bits per heavy atom. The molecule has 84 valence electrons. The highest BCUT2D eigenvalue weighted by Crippen LogP contribution is 2.24. The molecule has 0 atom stereocenters. The summed E-state index contributed by atoms with van der Waals surface area (Å²) in [5, 5.41) is 0. The van der Waals surface area contributed by atoms with Gasteiger partial charge in [-0.1, -0.05) is 40.7 Å². The molecule has 0 saturated carbocycles. The fourth-order valence-corrected chi connectivity index (χ4v) is 4.25. The molecule has 2 rings (SSSR count). The van der Waals surface area contributed by atoms with Gasteiger partial charge in [-0.3, -0.25) is 0 Å². The lowest BCUT2D eigenvalue weighted by Crippen LogP contribution is -2.26. The van der Waals surface area contributed by atoms with Crippen molar-refractivity contribution < 1.29 is 0 Å². The Hall–Kier alpha value is -0.930. The maximum absolute atomic E-state index is 2.40. The van der Waals surface area contributed by atoms with Crippen LogP contribution in [-0.4, -0.2) is 13.1 Å². The minimum absolute atomic E-state index is 1.08. The van der Waals surface area contributed by atoms with Gasteiger partial charge < -0.3 is 0 Å². The van der Waals surface area contributed by atoms with E-state index in [0.29, 0.717) is 0 Å². The Morgan fingerprint density at radius 1 is 1.00 bits per heavy atom. The first kappa shape index (κ1) is 11.6. The second kappa shape index (κ2) is 5.41. The average Bonchev–Trinajstić information content (AvgIpc) is 2.81. The van der Waals surface area contributed by atoms with Crippen molar-refractivity contribution in [1.29, 1.82) is 0 Å². The van der Waals surface area contributed by atoms with Gasteiger partial charge in [-0.2, -0.15) is 0 Å². The summed E-state index contributed by atoms with van der Waals surface area (Å²) in [7, 11) is 3.73. The molecule has 0 unspecified atom stereocenters. The largest absolute Gasteiger partial charge is 0.267 e. The van der Waals surface area contributed by atoms with Crippen LogP contribution in [0.4, 0.5) is 0 Å². The molecule has 0 radical (unpaired) electrons. The maximum Gasteiger partial charge on any atom is 0.267 e. The van der Waals surface area contributed by atoms with E-state index in [1.807, 2.05) is 20.7 Å². The maximum atomic E-state index is 2.40. The van der Waals surface area contributed by atoms with Gasteiger partial charge in [0.1, 0.15) is 13.1 Å². The van der Waals surface area contributed by atoms with Crippen LogP contribution >= 0.6 is 20.7 Å². The van der Waals surface area contributed by atoms with E-state index in [2.05, 4.69) is 54.8 Å². The molecule has 1 aromatic heterocycles. The molecule has 0 aliphatic rings. The van der Waals surface area contributed by atoms with E-state index in [-0.39, 0.29) is 0 Å². The molecule has 1 heterocycles. The van der Waals surface area contributed by atoms with Crippen molar-refractivity contribution in [3.8, 4) is 10.4 Å². The summed E-state index contributed by atoms with van der Waals surface area (Å²) >= 11 is 0. The summed E-state index contributed by atoms with van der Waals surface area (Å²) in [5.41, 5.74) is 1.32. The second-order valence-corrected chi connectivity index (χ2v) is 5.74. The smallest absolute Gasteiger partial charge is 0.221 e. The Morgan fingerprint density at radius 3 is 2.31 bits per heavy atom. The van der Waals surface area contributed by atoms with E-state index in [0.717, 1.165) is 13.1 Å². The summed E-state index contributed by atoms with van der Waals surface area (Å²) in [6, 6.07) is 12.9. The van der Waals surface area contributed by atoms with Crippen molar-refractivity contribution >= 4 is 20.7 Å². The molecule has 1 aromatic carbocycles. The number of rotatable bonds is 3. The van der Waals surface area contributed by atoms with E-state index in [4.69, 9.17) is 0 Å². The van der Waals surface area contributed by atoms with Crippen LogP contribution in [0.3, 0.4) is 0 Å². The van der Waals surface area contributed by atoms with Crippen molar-refractivity contribution in [2.45, 2.75) is 13.8 Å². The molecule has 0 N–H and O–H groups in total. The number of hydrogen-bond donors (Lipinski definition) is 0. The molecule has 0 spiro atoms. The molecule has 1 nitrogen and oxygen atoms in total. The van der Waals surface area contributed by atoms with Crippen LogP contribution in [0.25, 0.3) is 10.4 Å². The number of hydrogen-bond acceptors (Lipinski definition) is 2. The molecule has 0 amide bonds. The summed E-state index contributed by atoms with van der Waals surface area (Å²) in [6.07, 6.45) is 0. The van der Waals surface area contributed by atoms with E-state index in [1.54, 1.807) is 0 Å². The fourth-order valence-electron chi connectivity index (χ4n) is 1.66. The summed E-state index contributed by atoms with van der Waals surface area (Å²) in [6.45, 7) is 6.57. The molecular formula is C13H16NS2+. The summed E-state index contributed by atoms with van der Waals surface area (Å²) < 4.78 is 3.78. The van der Waals surface area contributed by atoms with Gasteiger partial charge in [-0.15, -0.1) is 0 Å². The van der Waals surface area contributed by atoms with Gasteiger partial charge >= 0.3 is 0 Å². The first-order chi connectivity index (χ1) is 7.85. The van der Waals surface area contributed by atoms with Crippen molar-refractivity contribution in [3.05, 3.63) is 41.1 Å². The Balaban J connectivity index is 2.44. The molecule has 0 saturated heterocycles. The topological polar surface area (TPSA) is 3.01 Å². The van der Waals surface area contributed by atoms with Gasteiger partial charge in [0.15, 0.2) is 0 Å². The molecule has 0 aliphatic carbocycles. The van der Waals surface area contributed by atoms with Gasteiger partial charge in [0.2, 0.25) is 0 Å². The second-order valence-electron chi connectivity index (χ2n) is 3.55. The lowest BCUT2D eigenvalue weighted by atomic mass is 10.2. The predicted octanol–water partition coefficient (Wildman–Crippen LogP) is 3.29. The fraction of sp³-hybridized carbons (Fsp3) is 0.308. The van der Waals surface area contributed by atoms with Gasteiger partial charge in [-0.25, -0.2) is 4.58 Å². The van der Waals surface area contributed by atoms with Gasteiger partial charge in [0, 0.05) is 6.07 Å². The zero-order valence-corrected chi connectivity index (χ0v) is 11.3. The predicted molar refractivity (Wildman–Crippen MR) is 74.0 cm³/mol. The van der Waals surface area contributed by atoms with Crippen molar-refractivity contribution in [3.63, 3.8) is 0 Å². The summed E-state index contributed by atoms with van der Waals surface area (Å²) in [4.78, 5) is 1.37. The highest BCUT2D eigenvalue weighted by Gasteiger charge is 2.05. The van der Waals surface area contributed by atoms with Crippen molar-refractivity contribution in [1.82, 2.24) is 4.58 Å². The molecule has 16 heavy (non-hydrogen) atoms. The Bertz CT molecular complexity index is 502. The third-order valence-corrected chi connectivity index (χ3v) is 5.07. The first-order valence-corrected chi connectivity index (χ1v) is 7.73. The normalized spacial score (nSPS) is 10.4. The third-order valence-electron chi connectivity index (χ3n) is 2.60. The van der Waals surface area contributed by atoms with Crippen LogP contribution in [0.5, 0.6) is 0 Å². The third kappa shape index (κ3) is 2.42. The van der Waals surface area contributed by atoms with Crippen LogP contribution in [-0.2, 0) is 0 Å². The van der Waals surface area contributed by atoms with E-state index >= 15 is 0 Å². The molecular weight excluding hydrogens is 234 g/mol. The Kier molecular flexibility index (Phi) is 3.91. The zero-order chi connectivity index (χ0) is 11.4. The minimum Gasteiger partial charge on any atom is -0.221 e. The average molecular weight is 250 g/mol. The molecule has 3 heteroatoms. The molecule has 0 aliphatic heterocycles. The van der Waals surface area contributed by atoms with Crippen molar-refractivity contribution in [2.75, 3.05) is 13.1 Å². The zero-order valence-electron chi connectivity index (χ0n) is 9.64. The van der Waals surface area contributed by atoms with Crippen LogP contribution in [0, 0.1) is 0 Å². The minimum atomic E-state index is 1.08. The van der Waals surface area contributed by atoms with E-state index in [1.165, 1.54) is 15.1 Å². The SMILES string of the molecule is CC[N+](CC)=c1cc(-c2ccccc2)ss1. The first-order valence-electron chi connectivity index (χ1n) is 5.58. The molecule has 0 bridgehead atoms. The highest BCUT2D eigenvalue weighted by molar-refractivity contribution is 7.69. The lowest BCUT2D eigenvalue weighted by Gasteiger charge is -1.93. The Labute approximate surface area is 104 Å².